The molecule has 2 amide bonds. The third kappa shape index (κ3) is 5.68. The summed E-state index contributed by atoms with van der Waals surface area (Å²) in [5.74, 6) is -0.524. The molecule has 11 nitrogen and oxygen atoms in total. The van der Waals surface area contributed by atoms with Crippen molar-refractivity contribution in [3.8, 4) is 0 Å². The van der Waals surface area contributed by atoms with E-state index in [2.05, 4.69) is 22.2 Å². The molecule has 0 spiro atoms. The number of amides is 2. The van der Waals surface area contributed by atoms with E-state index in [-0.39, 0.29) is 28.3 Å². The summed E-state index contributed by atoms with van der Waals surface area (Å²) >= 11 is 0. The number of aromatic amines is 2. The smallest absolute Gasteiger partial charge is 0.324 e. The van der Waals surface area contributed by atoms with Crippen molar-refractivity contribution >= 4 is 32.7 Å². The topological polar surface area (TPSA) is 153 Å². The summed E-state index contributed by atoms with van der Waals surface area (Å²) in [6.45, 7) is 4.69. The van der Waals surface area contributed by atoms with Gasteiger partial charge in [0.05, 0.1) is 15.8 Å². The monoisotopic (exact) mass is 593 g/mol. The molecular weight excluding hydrogens is 558 g/mol. The summed E-state index contributed by atoms with van der Waals surface area (Å²) in [5, 5.41) is 3.03. The molecule has 2 bridgehead atoms. The third-order valence-electron chi connectivity index (χ3n) is 8.03. The van der Waals surface area contributed by atoms with Crippen molar-refractivity contribution in [1.82, 2.24) is 24.5 Å². The zero-order chi connectivity index (χ0) is 30.0. The maximum absolute atomic E-state index is 13.8. The predicted molar refractivity (Wildman–Crippen MR) is 159 cm³/mol. The number of carbonyl (C=O) groups excluding carboxylic acids is 2. The van der Waals surface area contributed by atoms with E-state index >= 15 is 0 Å². The van der Waals surface area contributed by atoms with Crippen molar-refractivity contribution in [2.75, 3.05) is 13.1 Å². The van der Waals surface area contributed by atoms with Crippen LogP contribution in [0.3, 0.4) is 0 Å². The lowest BCUT2D eigenvalue weighted by Gasteiger charge is -2.34. The fourth-order valence-electron chi connectivity index (χ4n) is 5.75. The van der Waals surface area contributed by atoms with Gasteiger partial charge in [0.1, 0.15) is 6.04 Å². The highest BCUT2D eigenvalue weighted by Gasteiger charge is 2.38. The summed E-state index contributed by atoms with van der Waals surface area (Å²) in [5.41, 5.74) is 1.65. The van der Waals surface area contributed by atoms with Crippen LogP contribution in [0.15, 0.2) is 79.5 Å². The first-order valence-electron chi connectivity index (χ1n) is 14.3. The molecule has 3 heterocycles. The number of unbranched alkanes of at least 4 members (excludes halogenated alkanes) is 1. The summed E-state index contributed by atoms with van der Waals surface area (Å²) in [4.78, 5) is 57.2. The van der Waals surface area contributed by atoms with E-state index in [4.69, 9.17) is 0 Å². The van der Waals surface area contributed by atoms with Gasteiger partial charge in [-0.3, -0.25) is 19.4 Å². The molecule has 0 radical (unpaired) electrons. The first-order valence-corrected chi connectivity index (χ1v) is 15.7. The Bertz CT molecular complexity index is 1780. The molecule has 222 valence electrons. The van der Waals surface area contributed by atoms with Crippen LogP contribution in [0.5, 0.6) is 0 Å². The van der Waals surface area contributed by atoms with Crippen LogP contribution in [0.25, 0.3) is 10.9 Å². The number of allylic oxidation sites excluding steroid dienone is 4. The van der Waals surface area contributed by atoms with Gasteiger partial charge in [0, 0.05) is 30.6 Å². The van der Waals surface area contributed by atoms with Crippen LogP contribution in [0, 0.1) is 0 Å². The van der Waals surface area contributed by atoms with Gasteiger partial charge >= 0.3 is 5.69 Å². The maximum Gasteiger partial charge on any atom is 0.326 e. The number of hydrogen-bond donors (Lipinski definition) is 3. The number of fused-ring (bicyclic) bond motifs is 2. The lowest BCUT2D eigenvalue weighted by Crippen LogP contribution is -2.51. The van der Waals surface area contributed by atoms with Gasteiger partial charge in [-0.2, -0.15) is 4.31 Å². The molecule has 42 heavy (non-hydrogen) atoms. The van der Waals surface area contributed by atoms with Crippen molar-refractivity contribution in [2.24, 2.45) is 0 Å². The van der Waals surface area contributed by atoms with Gasteiger partial charge in [-0.15, -0.1) is 0 Å². The van der Waals surface area contributed by atoms with Crippen molar-refractivity contribution in [2.45, 2.75) is 69.7 Å². The quantitative estimate of drug-likeness (QED) is 0.449. The average molecular weight is 594 g/mol. The minimum absolute atomic E-state index is 0.0299. The minimum Gasteiger partial charge on any atom is -0.324 e. The van der Waals surface area contributed by atoms with Crippen LogP contribution in [0.1, 0.15) is 58.8 Å². The zero-order valence-corrected chi connectivity index (χ0v) is 24.6. The Morgan fingerprint density at radius 3 is 2.74 bits per heavy atom. The van der Waals surface area contributed by atoms with Crippen LogP contribution >= 0.6 is 0 Å². The van der Waals surface area contributed by atoms with Crippen LogP contribution in [-0.4, -0.2) is 58.5 Å². The second-order valence-electron chi connectivity index (χ2n) is 10.8. The van der Waals surface area contributed by atoms with Crippen LogP contribution < -0.4 is 16.6 Å². The normalized spacial score (nSPS) is 22.1. The number of benzene rings is 1. The van der Waals surface area contributed by atoms with Crippen LogP contribution in [-0.2, 0) is 19.6 Å². The van der Waals surface area contributed by atoms with Crippen molar-refractivity contribution in [1.29, 1.82) is 0 Å². The SMILES string of the molecule is CCCCN1/C=C/C=C(/NC(=O)C2CCCCN2S(=O)(=O)c2ccc3[nH]c(=O)[nH]c(=O)c3c2)C2=C(C)C(=CCC2)C1=O. The summed E-state index contributed by atoms with van der Waals surface area (Å²) in [6, 6.07) is 2.96. The Labute approximate surface area is 243 Å². The standard InChI is InChI=1S/C30H35N5O6S/c1-3-4-15-34-16-8-11-24(21-9-7-10-22(19(21)2)29(34)38)31-28(37)26-12-5-6-17-35(26)42(40,41)20-13-14-25-23(18-20)27(36)33-30(39)32-25/h8,10-11,13-14,16,18,26H,3-7,9,12,15,17H2,1-2H3,(H,31,37)(H2,32,33,36,39)/b16-8+,24-11+. The molecule has 1 aromatic carbocycles. The second kappa shape index (κ2) is 12.1. The highest BCUT2D eigenvalue weighted by atomic mass is 32.2. The average Bonchev–Trinajstić information content (AvgIpc) is 2.99. The van der Waals surface area contributed by atoms with E-state index < -0.39 is 33.2 Å². The number of hydrogen-bond acceptors (Lipinski definition) is 6. The van der Waals surface area contributed by atoms with Crippen LogP contribution in [0.2, 0.25) is 0 Å². The fraction of sp³-hybridized carbons (Fsp3) is 0.400. The number of nitrogens with zero attached hydrogens (tertiary/aromatic N) is 2. The maximum atomic E-state index is 13.8. The Kier molecular flexibility index (Phi) is 8.46. The molecule has 0 saturated carbocycles. The van der Waals surface area contributed by atoms with Gasteiger partial charge in [-0.05, 0) is 80.5 Å². The molecule has 1 aromatic heterocycles. The van der Waals surface area contributed by atoms with Gasteiger partial charge in [-0.1, -0.05) is 25.8 Å². The molecule has 1 saturated heterocycles. The lowest BCUT2D eigenvalue weighted by molar-refractivity contribution is -0.125. The number of piperidine rings is 1. The number of aromatic nitrogens is 2. The largest absolute Gasteiger partial charge is 0.326 e. The molecule has 5 rings (SSSR count). The van der Waals surface area contributed by atoms with E-state index in [1.165, 1.54) is 22.5 Å². The molecule has 3 N–H and O–H groups in total. The molecule has 1 atom stereocenters. The Morgan fingerprint density at radius 2 is 1.95 bits per heavy atom. The Morgan fingerprint density at radius 1 is 1.14 bits per heavy atom. The molecule has 1 aliphatic carbocycles. The van der Waals surface area contributed by atoms with E-state index in [0.29, 0.717) is 49.9 Å². The highest BCUT2D eigenvalue weighted by Crippen LogP contribution is 2.32. The predicted octanol–water partition coefficient (Wildman–Crippen LogP) is 2.95. The van der Waals surface area contributed by atoms with E-state index in [1.807, 2.05) is 13.0 Å². The molecule has 12 heteroatoms. The Balaban J connectivity index is 1.46. The van der Waals surface area contributed by atoms with Crippen LogP contribution in [0.4, 0.5) is 0 Å². The molecule has 3 aliphatic rings. The van der Waals surface area contributed by atoms with Gasteiger partial charge in [0.15, 0.2) is 0 Å². The van der Waals surface area contributed by atoms with E-state index in [0.717, 1.165) is 24.0 Å². The van der Waals surface area contributed by atoms with E-state index in [9.17, 15) is 27.6 Å². The van der Waals surface area contributed by atoms with Crippen molar-refractivity contribution in [3.63, 3.8) is 0 Å². The molecule has 2 aromatic rings. The zero-order valence-electron chi connectivity index (χ0n) is 23.7. The number of rotatable bonds is 7. The van der Waals surface area contributed by atoms with Gasteiger partial charge in [0.25, 0.3) is 11.5 Å². The second-order valence-corrected chi connectivity index (χ2v) is 12.7. The fourth-order valence-corrected chi connectivity index (χ4v) is 7.43. The number of carbonyl (C=O) groups is 2. The lowest BCUT2D eigenvalue weighted by atomic mass is 9.89. The van der Waals surface area contributed by atoms with Crippen molar-refractivity contribution < 1.29 is 18.0 Å². The van der Waals surface area contributed by atoms with Crippen molar-refractivity contribution in [3.05, 3.63) is 85.9 Å². The number of sulfonamides is 1. The molecule has 1 fully saturated rings. The van der Waals surface area contributed by atoms with Gasteiger partial charge < -0.3 is 15.2 Å². The molecular formula is C30H35N5O6S. The third-order valence-corrected chi connectivity index (χ3v) is 9.93. The summed E-state index contributed by atoms with van der Waals surface area (Å²) < 4.78 is 28.8. The summed E-state index contributed by atoms with van der Waals surface area (Å²) in [6.07, 6.45) is 11.9. The van der Waals surface area contributed by atoms with Gasteiger partial charge in [-0.25, -0.2) is 13.2 Å². The minimum atomic E-state index is -4.16. The first-order chi connectivity index (χ1) is 20.1. The van der Waals surface area contributed by atoms with E-state index in [1.54, 1.807) is 23.3 Å². The summed E-state index contributed by atoms with van der Waals surface area (Å²) in [7, 11) is -4.16. The molecule has 1 unspecified atom stereocenters. The first kappa shape index (κ1) is 29.5. The Hall–Kier alpha value is -4.03. The number of nitrogens with one attached hydrogen (secondary N) is 3. The van der Waals surface area contributed by atoms with Gasteiger partial charge in [0.2, 0.25) is 15.9 Å². The number of H-pyrrole nitrogens is 2. The molecule has 2 aliphatic heterocycles. The highest BCUT2D eigenvalue weighted by molar-refractivity contribution is 7.89.